The van der Waals surface area contributed by atoms with Crippen LogP contribution in [0, 0.1) is 5.82 Å². The first-order chi connectivity index (χ1) is 13.5. The van der Waals surface area contributed by atoms with E-state index in [2.05, 4.69) is 15.1 Å². The van der Waals surface area contributed by atoms with E-state index >= 15 is 0 Å². The third-order valence-electron chi connectivity index (χ3n) is 4.87. The highest BCUT2D eigenvalue weighted by molar-refractivity contribution is 6.30. The standard InChI is InChI=1S/C21H25ClFN3O2/c1-28-20-7-6-19(23)12-17(20)14-25-8-10-26(11-9-25)15-21(27)24-13-16-2-4-18(22)5-3-16/h2-7,12H,8-11,13-15H2,1H3,(H,24,27). The number of hydrogen-bond acceptors (Lipinski definition) is 4. The summed E-state index contributed by atoms with van der Waals surface area (Å²) in [4.78, 5) is 16.6. The molecule has 1 amide bonds. The zero-order valence-corrected chi connectivity index (χ0v) is 16.7. The fraction of sp³-hybridized carbons (Fsp3) is 0.381. The lowest BCUT2D eigenvalue weighted by Crippen LogP contribution is -2.49. The van der Waals surface area contributed by atoms with Crippen molar-refractivity contribution in [3.8, 4) is 5.75 Å². The summed E-state index contributed by atoms with van der Waals surface area (Å²) in [6.45, 7) is 4.75. The van der Waals surface area contributed by atoms with Crippen molar-refractivity contribution in [3.05, 3.63) is 64.4 Å². The Morgan fingerprint density at radius 3 is 2.46 bits per heavy atom. The van der Waals surface area contributed by atoms with Crippen molar-refractivity contribution in [3.63, 3.8) is 0 Å². The van der Waals surface area contributed by atoms with Gasteiger partial charge >= 0.3 is 0 Å². The predicted molar refractivity (Wildman–Crippen MR) is 108 cm³/mol. The molecule has 7 heteroatoms. The van der Waals surface area contributed by atoms with Gasteiger partial charge in [-0.2, -0.15) is 0 Å². The normalized spacial score (nSPS) is 15.4. The molecule has 0 bridgehead atoms. The number of carbonyl (C=O) groups is 1. The van der Waals surface area contributed by atoms with Crippen molar-refractivity contribution in [1.82, 2.24) is 15.1 Å². The number of amides is 1. The molecular weight excluding hydrogens is 381 g/mol. The lowest BCUT2D eigenvalue weighted by Gasteiger charge is -2.34. The summed E-state index contributed by atoms with van der Waals surface area (Å²) in [5.74, 6) is 0.451. The molecule has 150 valence electrons. The quantitative estimate of drug-likeness (QED) is 0.769. The van der Waals surface area contributed by atoms with Gasteiger partial charge in [-0.25, -0.2) is 4.39 Å². The molecule has 0 saturated carbocycles. The molecule has 2 aromatic rings. The number of carbonyl (C=O) groups excluding carboxylic acids is 1. The summed E-state index contributed by atoms with van der Waals surface area (Å²) < 4.78 is 18.8. The Bertz CT molecular complexity index is 793. The van der Waals surface area contributed by atoms with E-state index in [1.54, 1.807) is 13.2 Å². The van der Waals surface area contributed by atoms with Gasteiger partial charge in [0.05, 0.1) is 13.7 Å². The van der Waals surface area contributed by atoms with Crippen LogP contribution in [0.5, 0.6) is 5.75 Å². The minimum atomic E-state index is -0.258. The summed E-state index contributed by atoms with van der Waals surface area (Å²) in [7, 11) is 1.59. The molecule has 0 radical (unpaired) electrons. The van der Waals surface area contributed by atoms with Crippen LogP contribution in [0.2, 0.25) is 5.02 Å². The first-order valence-corrected chi connectivity index (χ1v) is 9.69. The second kappa shape index (κ2) is 9.87. The average molecular weight is 406 g/mol. The third kappa shape index (κ3) is 5.92. The monoisotopic (exact) mass is 405 g/mol. The molecule has 0 atom stereocenters. The Morgan fingerprint density at radius 1 is 1.11 bits per heavy atom. The van der Waals surface area contributed by atoms with Crippen LogP contribution < -0.4 is 10.1 Å². The van der Waals surface area contributed by atoms with Crippen molar-refractivity contribution in [2.24, 2.45) is 0 Å². The Hall–Kier alpha value is -2.15. The maximum absolute atomic E-state index is 13.5. The van der Waals surface area contributed by atoms with Gasteiger partial charge in [0, 0.05) is 49.9 Å². The van der Waals surface area contributed by atoms with Crippen molar-refractivity contribution < 1.29 is 13.9 Å². The number of ether oxygens (including phenoxy) is 1. The maximum atomic E-state index is 13.5. The molecule has 1 aliphatic rings. The Labute approximate surface area is 170 Å². The van der Waals surface area contributed by atoms with Crippen LogP contribution in [-0.4, -0.2) is 55.5 Å². The van der Waals surface area contributed by atoms with Crippen LogP contribution in [0.25, 0.3) is 0 Å². The molecule has 0 aliphatic carbocycles. The second-order valence-electron chi connectivity index (χ2n) is 6.91. The Kier molecular flexibility index (Phi) is 7.25. The smallest absolute Gasteiger partial charge is 0.234 e. The first kappa shape index (κ1) is 20.6. The van der Waals surface area contributed by atoms with Crippen LogP contribution in [-0.2, 0) is 17.9 Å². The molecule has 1 fully saturated rings. The number of halogens is 2. The van der Waals surface area contributed by atoms with Crippen molar-refractivity contribution in [2.75, 3.05) is 39.8 Å². The van der Waals surface area contributed by atoms with Gasteiger partial charge in [0.25, 0.3) is 0 Å². The summed E-state index contributed by atoms with van der Waals surface area (Å²) >= 11 is 5.87. The number of nitrogens with one attached hydrogen (secondary N) is 1. The van der Waals surface area contributed by atoms with Gasteiger partial charge in [-0.3, -0.25) is 14.6 Å². The van der Waals surface area contributed by atoms with Gasteiger partial charge in [-0.05, 0) is 35.9 Å². The van der Waals surface area contributed by atoms with E-state index < -0.39 is 0 Å². The van der Waals surface area contributed by atoms with Crippen LogP contribution in [0.15, 0.2) is 42.5 Å². The largest absolute Gasteiger partial charge is 0.496 e. The minimum Gasteiger partial charge on any atom is -0.496 e. The minimum absolute atomic E-state index is 0.00944. The molecular formula is C21H25ClFN3O2. The highest BCUT2D eigenvalue weighted by Crippen LogP contribution is 2.21. The predicted octanol–water partition coefficient (Wildman–Crippen LogP) is 2.92. The zero-order valence-electron chi connectivity index (χ0n) is 16.0. The van der Waals surface area contributed by atoms with Crippen LogP contribution in [0.3, 0.4) is 0 Å². The number of methoxy groups -OCH3 is 1. The van der Waals surface area contributed by atoms with Gasteiger partial charge in [-0.1, -0.05) is 23.7 Å². The number of benzene rings is 2. The highest BCUT2D eigenvalue weighted by atomic mass is 35.5. The molecule has 28 heavy (non-hydrogen) atoms. The number of rotatable bonds is 7. The molecule has 0 aromatic heterocycles. The summed E-state index contributed by atoms with van der Waals surface area (Å²) in [6, 6.07) is 12.0. The lowest BCUT2D eigenvalue weighted by molar-refractivity contribution is -0.122. The highest BCUT2D eigenvalue weighted by Gasteiger charge is 2.20. The molecule has 3 rings (SSSR count). The van der Waals surface area contributed by atoms with Crippen LogP contribution in [0.1, 0.15) is 11.1 Å². The number of nitrogens with zero attached hydrogens (tertiary/aromatic N) is 2. The van der Waals surface area contributed by atoms with Gasteiger partial charge < -0.3 is 10.1 Å². The van der Waals surface area contributed by atoms with E-state index in [1.165, 1.54) is 12.1 Å². The van der Waals surface area contributed by atoms with Crippen molar-refractivity contribution in [2.45, 2.75) is 13.1 Å². The van der Waals surface area contributed by atoms with E-state index in [0.717, 1.165) is 37.3 Å². The number of hydrogen-bond donors (Lipinski definition) is 1. The molecule has 1 aliphatic heterocycles. The summed E-state index contributed by atoms with van der Waals surface area (Å²) in [5, 5.41) is 3.63. The van der Waals surface area contributed by atoms with E-state index in [0.29, 0.717) is 30.4 Å². The molecule has 2 aromatic carbocycles. The van der Waals surface area contributed by atoms with Gasteiger partial charge in [0.15, 0.2) is 0 Å². The molecule has 5 nitrogen and oxygen atoms in total. The molecule has 0 unspecified atom stereocenters. The number of piperazine rings is 1. The zero-order chi connectivity index (χ0) is 19.9. The summed E-state index contributed by atoms with van der Waals surface area (Å²) in [5.41, 5.74) is 1.86. The Balaban J connectivity index is 1.42. The van der Waals surface area contributed by atoms with E-state index in [4.69, 9.17) is 16.3 Å². The fourth-order valence-corrected chi connectivity index (χ4v) is 3.41. The fourth-order valence-electron chi connectivity index (χ4n) is 3.28. The third-order valence-corrected chi connectivity index (χ3v) is 5.12. The second-order valence-corrected chi connectivity index (χ2v) is 7.35. The van der Waals surface area contributed by atoms with E-state index in [-0.39, 0.29) is 11.7 Å². The maximum Gasteiger partial charge on any atom is 0.234 e. The first-order valence-electron chi connectivity index (χ1n) is 9.32. The van der Waals surface area contributed by atoms with Gasteiger partial charge in [0.1, 0.15) is 11.6 Å². The topological polar surface area (TPSA) is 44.8 Å². The molecule has 1 heterocycles. The molecule has 1 saturated heterocycles. The van der Waals surface area contributed by atoms with E-state index in [9.17, 15) is 9.18 Å². The molecule has 1 N–H and O–H groups in total. The Morgan fingerprint density at radius 2 is 1.79 bits per heavy atom. The van der Waals surface area contributed by atoms with Gasteiger partial charge in [-0.15, -0.1) is 0 Å². The van der Waals surface area contributed by atoms with Crippen molar-refractivity contribution in [1.29, 1.82) is 0 Å². The van der Waals surface area contributed by atoms with Crippen LogP contribution >= 0.6 is 11.6 Å². The average Bonchev–Trinajstić information content (AvgIpc) is 2.69. The SMILES string of the molecule is COc1ccc(F)cc1CN1CCN(CC(=O)NCc2ccc(Cl)cc2)CC1. The molecule has 0 spiro atoms. The van der Waals surface area contributed by atoms with E-state index in [1.807, 2.05) is 24.3 Å². The van der Waals surface area contributed by atoms with Gasteiger partial charge in [0.2, 0.25) is 5.91 Å². The lowest BCUT2D eigenvalue weighted by atomic mass is 10.1. The van der Waals surface area contributed by atoms with Crippen molar-refractivity contribution >= 4 is 17.5 Å². The van der Waals surface area contributed by atoms with Crippen LogP contribution in [0.4, 0.5) is 4.39 Å². The summed E-state index contributed by atoms with van der Waals surface area (Å²) in [6.07, 6.45) is 0.